The van der Waals surface area contributed by atoms with E-state index in [1.807, 2.05) is 0 Å². The van der Waals surface area contributed by atoms with Crippen LogP contribution in [0.3, 0.4) is 0 Å². The van der Waals surface area contributed by atoms with Crippen molar-refractivity contribution in [3.05, 3.63) is 0 Å². The van der Waals surface area contributed by atoms with Gasteiger partial charge in [0.15, 0.2) is 16.9 Å². The molecular weight excluding hydrogens is 320 g/mol. The summed E-state index contributed by atoms with van der Waals surface area (Å²) in [4.78, 5) is 33.8. The van der Waals surface area contributed by atoms with Crippen molar-refractivity contribution >= 4 is 33.7 Å². The second kappa shape index (κ2) is 6.47. The number of rotatable bonds is 3. The first-order valence-corrected chi connectivity index (χ1v) is 6.80. The van der Waals surface area contributed by atoms with Crippen molar-refractivity contribution in [2.75, 3.05) is 0 Å². The average Bonchev–Trinajstić information content (AvgIpc) is 2.26. The lowest BCUT2D eigenvalue weighted by molar-refractivity contribution is -0.205. The van der Waals surface area contributed by atoms with Gasteiger partial charge < -0.3 is 14.2 Å². The zero-order chi connectivity index (χ0) is 14.7. The van der Waals surface area contributed by atoms with E-state index in [0.717, 1.165) is 0 Å². The smallest absolute Gasteiger partial charge is 0.303 e. The third kappa shape index (κ3) is 4.01. The summed E-state index contributed by atoms with van der Waals surface area (Å²) >= 11 is 3.21. The molecule has 1 saturated heterocycles. The highest BCUT2D eigenvalue weighted by atomic mass is 79.9. The lowest BCUT2D eigenvalue weighted by Crippen LogP contribution is -2.56. The number of carbonyl (C=O) groups is 3. The van der Waals surface area contributed by atoms with Gasteiger partial charge in [0.1, 0.15) is 12.2 Å². The van der Waals surface area contributed by atoms with Gasteiger partial charge in [0.05, 0.1) is 0 Å². The number of Topliss-reactive ketones (excluding diaryl/α,β-unsaturated/α-hetero) is 1. The third-order valence-electron chi connectivity index (χ3n) is 2.86. The Morgan fingerprint density at radius 2 is 1.47 bits per heavy atom. The summed E-state index contributed by atoms with van der Waals surface area (Å²) in [6, 6.07) is 0. The maximum absolute atomic E-state index is 11.5. The molecule has 0 aromatic heterocycles. The lowest BCUT2D eigenvalue weighted by atomic mass is 9.89. The maximum atomic E-state index is 11.5. The van der Waals surface area contributed by atoms with Crippen LogP contribution in [0.4, 0.5) is 0 Å². The number of carbonyl (C=O) groups excluding carboxylic acids is 3. The molecule has 0 aromatic carbocycles. The molecule has 0 N–H and O–H groups in total. The van der Waals surface area contributed by atoms with Crippen molar-refractivity contribution in [2.24, 2.45) is 5.92 Å². The zero-order valence-electron chi connectivity index (χ0n) is 11.2. The number of ketones is 1. The molecule has 0 amide bonds. The van der Waals surface area contributed by atoms with Crippen LogP contribution >= 0.6 is 15.9 Å². The molecule has 0 aromatic rings. The predicted molar refractivity (Wildman–Crippen MR) is 68.5 cm³/mol. The normalized spacial score (nSPS) is 34.5. The van der Waals surface area contributed by atoms with Gasteiger partial charge in [0, 0.05) is 19.8 Å². The second-order valence-electron chi connectivity index (χ2n) is 4.53. The molecule has 1 rings (SSSR count). The standard InChI is InChI=1S/C12H17BrO6/c1-5-9(6(2)14)19-12(13)11(18-8(4)16)10(5)17-7(3)15/h5,9-12H,1-4H3/t5-,9?,10+,11-,12-/m0/s1. The van der Waals surface area contributed by atoms with Gasteiger partial charge in [-0.3, -0.25) is 14.4 Å². The van der Waals surface area contributed by atoms with Crippen LogP contribution in [0.2, 0.25) is 0 Å². The molecule has 0 spiro atoms. The number of hydrogen-bond acceptors (Lipinski definition) is 6. The summed E-state index contributed by atoms with van der Waals surface area (Å²) in [5.74, 6) is -1.59. The van der Waals surface area contributed by atoms with Gasteiger partial charge in [-0.05, 0) is 6.92 Å². The molecule has 0 radical (unpaired) electrons. The van der Waals surface area contributed by atoms with Crippen LogP contribution in [0.25, 0.3) is 0 Å². The first kappa shape index (κ1) is 16.1. The number of hydrogen-bond donors (Lipinski definition) is 0. The molecule has 7 heteroatoms. The Morgan fingerprint density at radius 1 is 1.00 bits per heavy atom. The van der Waals surface area contributed by atoms with Crippen molar-refractivity contribution in [1.29, 1.82) is 0 Å². The van der Waals surface area contributed by atoms with Gasteiger partial charge in [-0.1, -0.05) is 22.9 Å². The summed E-state index contributed by atoms with van der Waals surface area (Å²) < 4.78 is 15.8. The Kier molecular flexibility index (Phi) is 5.49. The van der Waals surface area contributed by atoms with E-state index in [2.05, 4.69) is 15.9 Å². The van der Waals surface area contributed by atoms with Crippen LogP contribution < -0.4 is 0 Å². The maximum Gasteiger partial charge on any atom is 0.303 e. The minimum Gasteiger partial charge on any atom is -0.458 e. The van der Waals surface area contributed by atoms with E-state index in [4.69, 9.17) is 14.2 Å². The monoisotopic (exact) mass is 336 g/mol. The van der Waals surface area contributed by atoms with Crippen LogP contribution in [0.15, 0.2) is 0 Å². The number of halogens is 1. The molecule has 1 aliphatic heterocycles. The average molecular weight is 337 g/mol. The molecule has 6 nitrogen and oxygen atoms in total. The minimum atomic E-state index is -0.785. The molecule has 1 unspecified atom stereocenters. The summed E-state index contributed by atoms with van der Waals surface area (Å²) in [5, 5.41) is -0.703. The summed E-state index contributed by atoms with van der Waals surface area (Å²) in [5.41, 5.74) is 0. The Labute approximate surface area is 119 Å². The van der Waals surface area contributed by atoms with Crippen molar-refractivity contribution in [1.82, 2.24) is 0 Å². The number of alkyl halides is 1. The third-order valence-corrected chi connectivity index (χ3v) is 3.60. The Morgan fingerprint density at radius 3 is 1.89 bits per heavy atom. The fourth-order valence-corrected chi connectivity index (χ4v) is 2.75. The second-order valence-corrected chi connectivity index (χ2v) is 5.43. The van der Waals surface area contributed by atoms with E-state index >= 15 is 0 Å². The molecular formula is C12H17BrO6. The molecule has 1 heterocycles. The molecule has 1 aliphatic rings. The molecule has 1 fully saturated rings. The van der Waals surface area contributed by atoms with Crippen molar-refractivity contribution < 1.29 is 28.6 Å². The van der Waals surface area contributed by atoms with E-state index in [1.165, 1.54) is 20.8 Å². The summed E-state index contributed by atoms with van der Waals surface area (Å²) in [6.45, 7) is 5.64. The molecule has 0 aliphatic carbocycles. The van der Waals surface area contributed by atoms with Gasteiger partial charge in [0.2, 0.25) is 0 Å². The van der Waals surface area contributed by atoms with E-state index in [0.29, 0.717) is 0 Å². The largest absolute Gasteiger partial charge is 0.458 e. The van der Waals surface area contributed by atoms with E-state index in [-0.39, 0.29) is 5.78 Å². The fraction of sp³-hybridized carbons (Fsp3) is 0.750. The van der Waals surface area contributed by atoms with Crippen LogP contribution in [-0.2, 0) is 28.6 Å². The fourth-order valence-electron chi connectivity index (χ4n) is 2.11. The molecule has 0 bridgehead atoms. The van der Waals surface area contributed by atoms with Crippen molar-refractivity contribution in [2.45, 2.75) is 51.0 Å². The Hall–Kier alpha value is -0.950. The quantitative estimate of drug-likeness (QED) is 0.569. The molecule has 0 saturated carbocycles. The van der Waals surface area contributed by atoms with Crippen molar-refractivity contribution in [3.8, 4) is 0 Å². The predicted octanol–water partition coefficient (Wildman–Crippen LogP) is 1.19. The van der Waals surface area contributed by atoms with E-state index in [1.54, 1.807) is 6.92 Å². The highest BCUT2D eigenvalue weighted by molar-refractivity contribution is 9.09. The van der Waals surface area contributed by atoms with Gasteiger partial charge in [-0.2, -0.15) is 0 Å². The first-order chi connectivity index (χ1) is 8.73. The molecule has 19 heavy (non-hydrogen) atoms. The highest BCUT2D eigenvalue weighted by Gasteiger charge is 2.48. The molecule has 108 valence electrons. The van der Waals surface area contributed by atoms with Crippen LogP contribution in [0, 0.1) is 5.92 Å². The van der Waals surface area contributed by atoms with Crippen molar-refractivity contribution in [3.63, 3.8) is 0 Å². The van der Waals surface area contributed by atoms with Crippen LogP contribution in [-0.4, -0.2) is 41.0 Å². The SMILES string of the molecule is CC(=O)O[C@H]1[C@H](OC(C)=O)[C@@H](C)C(C(C)=O)O[C@@H]1Br. The number of ether oxygens (including phenoxy) is 3. The molecule has 5 atom stereocenters. The number of esters is 2. The Bertz CT molecular complexity index is 382. The van der Waals surface area contributed by atoms with Gasteiger partial charge >= 0.3 is 11.9 Å². The van der Waals surface area contributed by atoms with Crippen LogP contribution in [0.1, 0.15) is 27.7 Å². The Balaban J connectivity index is 2.98. The summed E-state index contributed by atoms with van der Waals surface area (Å²) in [6.07, 6.45) is -2.22. The zero-order valence-corrected chi connectivity index (χ0v) is 12.8. The lowest BCUT2D eigenvalue weighted by Gasteiger charge is -2.41. The highest BCUT2D eigenvalue weighted by Crippen LogP contribution is 2.33. The summed E-state index contributed by atoms with van der Waals surface area (Å²) in [7, 11) is 0. The first-order valence-electron chi connectivity index (χ1n) is 5.88. The topological polar surface area (TPSA) is 78.9 Å². The van der Waals surface area contributed by atoms with Crippen LogP contribution in [0.5, 0.6) is 0 Å². The van der Waals surface area contributed by atoms with Gasteiger partial charge in [0.25, 0.3) is 0 Å². The van der Waals surface area contributed by atoms with E-state index in [9.17, 15) is 14.4 Å². The van der Waals surface area contributed by atoms with Gasteiger partial charge in [-0.15, -0.1) is 0 Å². The van der Waals surface area contributed by atoms with E-state index < -0.39 is 41.2 Å². The minimum absolute atomic E-state index is 0.171. The van der Waals surface area contributed by atoms with Gasteiger partial charge in [-0.25, -0.2) is 0 Å².